The van der Waals surface area contributed by atoms with Gasteiger partial charge in [0.25, 0.3) is 0 Å². The van der Waals surface area contributed by atoms with E-state index in [1.165, 1.54) is 19.3 Å². The Bertz CT molecular complexity index is 367. The molecule has 0 saturated carbocycles. The van der Waals surface area contributed by atoms with Crippen molar-refractivity contribution < 1.29 is 9.84 Å². The van der Waals surface area contributed by atoms with Crippen LogP contribution in [0, 0.1) is 6.92 Å². The van der Waals surface area contributed by atoms with Crippen LogP contribution >= 0.6 is 12.4 Å². The van der Waals surface area contributed by atoms with Crippen molar-refractivity contribution in [3.63, 3.8) is 0 Å². The molecule has 1 aliphatic heterocycles. The van der Waals surface area contributed by atoms with Gasteiger partial charge in [-0.15, -0.1) is 12.4 Å². The number of aliphatic hydroxyl groups is 1. The molecule has 1 aromatic rings. The smallest absolute Gasteiger partial charge is 0.122 e. The highest BCUT2D eigenvalue weighted by Crippen LogP contribution is 2.16. The summed E-state index contributed by atoms with van der Waals surface area (Å²) in [6.07, 6.45) is 3.44. The molecule has 1 N–H and O–H groups in total. The molecule has 2 rings (SSSR count). The predicted octanol–water partition coefficient (Wildman–Crippen LogP) is 2.64. The van der Waals surface area contributed by atoms with Gasteiger partial charge in [-0.3, -0.25) is 0 Å². The van der Waals surface area contributed by atoms with E-state index < -0.39 is 6.10 Å². The molecule has 0 radical (unpaired) electrons. The second kappa shape index (κ2) is 8.41. The summed E-state index contributed by atoms with van der Waals surface area (Å²) in [5.41, 5.74) is 1.11. The molecule has 0 aliphatic carbocycles. The number of likely N-dealkylation sites (tertiary alicyclic amines) is 1. The minimum atomic E-state index is -0.400. The first-order valence-corrected chi connectivity index (χ1v) is 6.84. The summed E-state index contributed by atoms with van der Waals surface area (Å²) in [5.74, 6) is 0.871. The predicted molar refractivity (Wildman–Crippen MR) is 80.2 cm³/mol. The first kappa shape index (κ1) is 16.3. The van der Waals surface area contributed by atoms with Crippen LogP contribution in [0.15, 0.2) is 24.3 Å². The molecule has 1 unspecified atom stereocenters. The topological polar surface area (TPSA) is 32.7 Å². The largest absolute Gasteiger partial charge is 0.491 e. The van der Waals surface area contributed by atoms with E-state index in [1.54, 1.807) is 0 Å². The van der Waals surface area contributed by atoms with Crippen molar-refractivity contribution in [1.29, 1.82) is 0 Å². The van der Waals surface area contributed by atoms with Gasteiger partial charge < -0.3 is 14.7 Å². The summed E-state index contributed by atoms with van der Waals surface area (Å²) in [6, 6.07) is 7.92. The number of aryl methyl sites for hydroxylation is 1. The molecular formula is C15H24ClNO2. The lowest BCUT2D eigenvalue weighted by Crippen LogP contribution is -2.38. The third kappa shape index (κ3) is 5.39. The molecule has 1 aliphatic rings. The Morgan fingerprint density at radius 2 is 1.89 bits per heavy atom. The minimum Gasteiger partial charge on any atom is -0.491 e. The van der Waals surface area contributed by atoms with Crippen LogP contribution in [0.1, 0.15) is 24.8 Å². The van der Waals surface area contributed by atoms with Crippen molar-refractivity contribution in [1.82, 2.24) is 4.90 Å². The van der Waals surface area contributed by atoms with Gasteiger partial charge in [0.05, 0.1) is 0 Å². The van der Waals surface area contributed by atoms with Crippen LogP contribution < -0.4 is 4.74 Å². The maximum atomic E-state index is 9.99. The molecule has 0 amide bonds. The summed E-state index contributed by atoms with van der Waals surface area (Å²) in [4.78, 5) is 2.33. The lowest BCUT2D eigenvalue weighted by atomic mass is 10.1. The van der Waals surface area contributed by atoms with Gasteiger partial charge in [0.2, 0.25) is 0 Å². The van der Waals surface area contributed by atoms with Gasteiger partial charge >= 0.3 is 0 Å². The number of para-hydroxylation sites is 1. The number of aliphatic hydroxyl groups excluding tert-OH is 1. The maximum Gasteiger partial charge on any atom is 0.122 e. The van der Waals surface area contributed by atoms with E-state index in [0.29, 0.717) is 6.61 Å². The Hall–Kier alpha value is -0.770. The average Bonchev–Trinajstić information content (AvgIpc) is 2.39. The van der Waals surface area contributed by atoms with Crippen LogP contribution in [-0.2, 0) is 0 Å². The normalized spacial score (nSPS) is 17.6. The summed E-state index contributed by atoms with van der Waals surface area (Å²) in [7, 11) is 0. The van der Waals surface area contributed by atoms with Gasteiger partial charge in [0.15, 0.2) is 0 Å². The molecular weight excluding hydrogens is 262 g/mol. The lowest BCUT2D eigenvalue weighted by molar-refractivity contribution is 0.0615. The molecule has 1 aromatic carbocycles. The molecule has 0 spiro atoms. The monoisotopic (exact) mass is 285 g/mol. The van der Waals surface area contributed by atoms with E-state index in [4.69, 9.17) is 4.74 Å². The van der Waals surface area contributed by atoms with Crippen molar-refractivity contribution in [3.05, 3.63) is 29.8 Å². The van der Waals surface area contributed by atoms with Crippen molar-refractivity contribution in [2.24, 2.45) is 0 Å². The molecule has 3 nitrogen and oxygen atoms in total. The number of nitrogens with zero attached hydrogens (tertiary/aromatic N) is 1. The minimum absolute atomic E-state index is 0. The number of ether oxygens (including phenoxy) is 1. The molecule has 19 heavy (non-hydrogen) atoms. The lowest BCUT2D eigenvalue weighted by Gasteiger charge is -2.28. The van der Waals surface area contributed by atoms with E-state index in [0.717, 1.165) is 30.9 Å². The van der Waals surface area contributed by atoms with Crippen molar-refractivity contribution in [3.8, 4) is 5.75 Å². The Labute approximate surface area is 122 Å². The van der Waals surface area contributed by atoms with E-state index in [1.807, 2.05) is 31.2 Å². The Morgan fingerprint density at radius 3 is 2.58 bits per heavy atom. The van der Waals surface area contributed by atoms with E-state index in [9.17, 15) is 5.11 Å². The quantitative estimate of drug-likeness (QED) is 0.903. The van der Waals surface area contributed by atoms with Crippen molar-refractivity contribution >= 4 is 12.4 Å². The fourth-order valence-corrected chi connectivity index (χ4v) is 2.40. The third-order valence-corrected chi connectivity index (χ3v) is 3.44. The molecule has 1 fully saturated rings. The van der Waals surface area contributed by atoms with Gasteiger partial charge in [0, 0.05) is 6.54 Å². The molecule has 1 saturated heterocycles. The van der Waals surface area contributed by atoms with Gasteiger partial charge in [-0.2, -0.15) is 0 Å². The number of halogens is 1. The van der Waals surface area contributed by atoms with Gasteiger partial charge in [-0.25, -0.2) is 0 Å². The molecule has 108 valence electrons. The average molecular weight is 286 g/mol. The summed E-state index contributed by atoms with van der Waals surface area (Å²) < 4.78 is 5.66. The first-order chi connectivity index (χ1) is 8.75. The maximum absolute atomic E-state index is 9.99. The second-order valence-electron chi connectivity index (χ2n) is 5.09. The molecule has 4 heteroatoms. The fraction of sp³-hybridized carbons (Fsp3) is 0.600. The Balaban J connectivity index is 0.00000180. The van der Waals surface area contributed by atoms with Crippen LogP contribution in [0.5, 0.6) is 5.75 Å². The van der Waals surface area contributed by atoms with Crippen LogP contribution in [0.4, 0.5) is 0 Å². The van der Waals surface area contributed by atoms with Crippen molar-refractivity contribution in [2.75, 3.05) is 26.2 Å². The zero-order chi connectivity index (χ0) is 12.8. The summed E-state index contributed by atoms with van der Waals surface area (Å²) in [5, 5.41) is 9.99. The van der Waals surface area contributed by atoms with Crippen LogP contribution in [-0.4, -0.2) is 42.4 Å². The highest BCUT2D eigenvalue weighted by atomic mass is 35.5. The summed E-state index contributed by atoms with van der Waals surface area (Å²) >= 11 is 0. The number of piperidine rings is 1. The zero-order valence-electron chi connectivity index (χ0n) is 11.5. The molecule has 1 atom stereocenters. The van der Waals surface area contributed by atoms with E-state index in [-0.39, 0.29) is 12.4 Å². The van der Waals surface area contributed by atoms with Gasteiger partial charge in [-0.05, 0) is 44.5 Å². The van der Waals surface area contributed by atoms with Crippen LogP contribution in [0.3, 0.4) is 0 Å². The number of hydrogen-bond acceptors (Lipinski definition) is 3. The number of rotatable bonds is 5. The van der Waals surface area contributed by atoms with Crippen molar-refractivity contribution in [2.45, 2.75) is 32.3 Å². The van der Waals surface area contributed by atoms with Crippen LogP contribution in [0.2, 0.25) is 0 Å². The Morgan fingerprint density at radius 1 is 1.21 bits per heavy atom. The second-order valence-corrected chi connectivity index (χ2v) is 5.09. The zero-order valence-corrected chi connectivity index (χ0v) is 12.4. The fourth-order valence-electron chi connectivity index (χ4n) is 2.40. The highest BCUT2D eigenvalue weighted by molar-refractivity contribution is 5.85. The SMILES string of the molecule is Cc1ccccc1OCC(O)CN1CCCCC1.Cl. The third-order valence-electron chi connectivity index (χ3n) is 3.44. The summed E-state index contributed by atoms with van der Waals surface area (Å²) in [6.45, 7) is 5.35. The number of β-amino-alcohol motifs (C(OH)–C–C–N with tert-alkyl or cyclic N) is 1. The highest BCUT2D eigenvalue weighted by Gasteiger charge is 2.15. The van der Waals surface area contributed by atoms with Gasteiger partial charge in [-0.1, -0.05) is 24.6 Å². The Kier molecular flexibility index (Phi) is 7.21. The first-order valence-electron chi connectivity index (χ1n) is 6.84. The number of benzene rings is 1. The van der Waals surface area contributed by atoms with Gasteiger partial charge in [0.1, 0.15) is 18.5 Å². The van der Waals surface area contributed by atoms with E-state index >= 15 is 0 Å². The molecule has 0 bridgehead atoms. The standard InChI is InChI=1S/C15H23NO2.ClH/c1-13-7-3-4-8-15(13)18-12-14(17)11-16-9-5-2-6-10-16;/h3-4,7-8,14,17H,2,5-6,9-12H2,1H3;1H. The molecule has 1 heterocycles. The van der Waals surface area contributed by atoms with Crippen LogP contribution in [0.25, 0.3) is 0 Å². The molecule has 0 aromatic heterocycles. The number of hydrogen-bond donors (Lipinski definition) is 1. The van der Waals surface area contributed by atoms with E-state index in [2.05, 4.69) is 4.90 Å².